The van der Waals surface area contributed by atoms with Crippen molar-refractivity contribution in [2.75, 3.05) is 13.2 Å². The van der Waals surface area contributed by atoms with Crippen molar-refractivity contribution in [3.8, 4) is 11.1 Å². The number of hydrogen-bond acceptors (Lipinski definition) is 5. The van der Waals surface area contributed by atoms with Crippen molar-refractivity contribution in [3.05, 3.63) is 100 Å². The lowest BCUT2D eigenvalue weighted by molar-refractivity contribution is -0.136. The summed E-state index contributed by atoms with van der Waals surface area (Å²) in [6.45, 7) is 7.89. The standard InChI is InChI=1S/C32H33BFNO6/c1-31(2)32(3,4)41-33(40-31)22(15-20-13-14-21(17-29(36)37)28(34)16-20)18-35-30(38)39-19-27-25-11-7-5-9-23(25)24-10-6-8-12-26(24)27/h5-16,27H,17-19H2,1-4H3,(H,35,38)(H,36,37). The van der Waals surface area contributed by atoms with Crippen LogP contribution in [0.2, 0.25) is 0 Å². The zero-order valence-corrected chi connectivity index (χ0v) is 23.6. The number of ether oxygens (including phenoxy) is 1. The summed E-state index contributed by atoms with van der Waals surface area (Å²) in [5.74, 6) is -1.81. The molecule has 1 aliphatic heterocycles. The molecule has 212 valence electrons. The van der Waals surface area contributed by atoms with Gasteiger partial charge in [-0.25, -0.2) is 9.18 Å². The second-order valence-electron chi connectivity index (χ2n) is 11.4. The normalized spacial score (nSPS) is 17.2. The van der Waals surface area contributed by atoms with Crippen LogP contribution in [0.5, 0.6) is 0 Å². The van der Waals surface area contributed by atoms with E-state index in [9.17, 15) is 14.0 Å². The smallest absolute Gasteiger partial charge is 0.481 e. The van der Waals surface area contributed by atoms with Crippen LogP contribution in [0.3, 0.4) is 0 Å². The van der Waals surface area contributed by atoms with Crippen LogP contribution in [0.15, 0.2) is 72.2 Å². The molecule has 0 unspecified atom stereocenters. The molecule has 0 atom stereocenters. The third-order valence-electron chi connectivity index (χ3n) is 8.11. The fourth-order valence-corrected chi connectivity index (χ4v) is 5.19. The summed E-state index contributed by atoms with van der Waals surface area (Å²) in [4.78, 5) is 23.9. The average Bonchev–Trinajstić information content (AvgIpc) is 3.35. The maximum absolute atomic E-state index is 14.6. The Labute approximate surface area is 239 Å². The van der Waals surface area contributed by atoms with Crippen LogP contribution >= 0.6 is 0 Å². The fraction of sp³-hybridized carbons (Fsp3) is 0.312. The first-order valence-electron chi connectivity index (χ1n) is 13.6. The molecule has 5 rings (SSSR count). The molecule has 1 aliphatic carbocycles. The molecule has 7 nitrogen and oxygen atoms in total. The highest BCUT2D eigenvalue weighted by molar-refractivity contribution is 6.56. The zero-order valence-electron chi connectivity index (χ0n) is 23.6. The van der Waals surface area contributed by atoms with Crippen molar-refractivity contribution in [1.82, 2.24) is 5.32 Å². The number of carbonyl (C=O) groups excluding carboxylic acids is 1. The summed E-state index contributed by atoms with van der Waals surface area (Å²) in [6, 6.07) is 20.6. The second kappa shape index (κ2) is 11.1. The van der Waals surface area contributed by atoms with Gasteiger partial charge < -0.3 is 24.5 Å². The Morgan fingerprint density at radius 1 is 0.976 bits per heavy atom. The topological polar surface area (TPSA) is 94.1 Å². The molecule has 2 aliphatic rings. The number of alkyl carbamates (subject to hydrolysis) is 1. The third-order valence-corrected chi connectivity index (χ3v) is 8.11. The van der Waals surface area contributed by atoms with Gasteiger partial charge in [0.2, 0.25) is 0 Å². The largest absolute Gasteiger partial charge is 0.492 e. The summed E-state index contributed by atoms with van der Waals surface area (Å²) in [6.07, 6.45) is 0.667. The van der Waals surface area contributed by atoms with Crippen molar-refractivity contribution in [2.24, 2.45) is 0 Å². The SMILES string of the molecule is CC1(C)OB(C(=Cc2ccc(CC(=O)O)c(F)c2)CNC(=O)OCC2c3ccccc3-c3ccccc32)OC1(C)C. The molecule has 0 bridgehead atoms. The first kappa shape index (κ1) is 28.6. The van der Waals surface area contributed by atoms with Crippen LogP contribution in [0.4, 0.5) is 9.18 Å². The lowest BCUT2D eigenvalue weighted by atomic mass is 9.77. The van der Waals surface area contributed by atoms with Gasteiger partial charge in [-0.1, -0.05) is 66.7 Å². The number of hydrogen-bond donors (Lipinski definition) is 2. The number of amides is 1. The number of carboxylic acids is 1. The Balaban J connectivity index is 1.31. The fourth-order valence-electron chi connectivity index (χ4n) is 5.19. The lowest BCUT2D eigenvalue weighted by Gasteiger charge is -2.32. The van der Waals surface area contributed by atoms with Gasteiger partial charge >= 0.3 is 19.2 Å². The van der Waals surface area contributed by atoms with Crippen LogP contribution in [0.25, 0.3) is 17.2 Å². The van der Waals surface area contributed by atoms with E-state index in [2.05, 4.69) is 29.6 Å². The number of rotatable bonds is 8. The van der Waals surface area contributed by atoms with E-state index >= 15 is 0 Å². The van der Waals surface area contributed by atoms with Crippen LogP contribution in [0.1, 0.15) is 55.9 Å². The molecule has 1 heterocycles. The van der Waals surface area contributed by atoms with Gasteiger partial charge in [0.05, 0.1) is 17.6 Å². The highest BCUT2D eigenvalue weighted by atomic mass is 19.1. The molecule has 1 saturated heterocycles. The molecule has 1 fully saturated rings. The van der Waals surface area contributed by atoms with Crippen LogP contribution in [-0.2, 0) is 25.3 Å². The first-order valence-corrected chi connectivity index (χ1v) is 13.6. The predicted octanol–water partition coefficient (Wildman–Crippen LogP) is 6.01. The van der Waals surface area contributed by atoms with Gasteiger partial charge in [-0.15, -0.1) is 0 Å². The third kappa shape index (κ3) is 5.92. The quantitative estimate of drug-likeness (QED) is 0.330. The molecule has 0 saturated carbocycles. The molecule has 3 aromatic carbocycles. The Morgan fingerprint density at radius 2 is 1.56 bits per heavy atom. The van der Waals surface area contributed by atoms with Gasteiger partial charge in [-0.2, -0.15) is 0 Å². The molecule has 3 aromatic rings. The van der Waals surface area contributed by atoms with E-state index in [1.165, 1.54) is 12.1 Å². The molecule has 9 heteroatoms. The molecule has 0 spiro atoms. The number of halogens is 1. The number of aliphatic carboxylic acids is 1. The zero-order chi connectivity index (χ0) is 29.4. The number of benzene rings is 3. The molecule has 2 N–H and O–H groups in total. The lowest BCUT2D eigenvalue weighted by Crippen LogP contribution is -2.41. The van der Waals surface area contributed by atoms with Crippen molar-refractivity contribution >= 4 is 25.3 Å². The van der Waals surface area contributed by atoms with Crippen molar-refractivity contribution in [3.63, 3.8) is 0 Å². The van der Waals surface area contributed by atoms with Gasteiger partial charge in [-0.05, 0) is 72.6 Å². The summed E-state index contributed by atoms with van der Waals surface area (Å²) in [5.41, 5.74) is 4.39. The van der Waals surface area contributed by atoms with E-state index in [0.717, 1.165) is 22.3 Å². The van der Waals surface area contributed by atoms with Crippen LogP contribution in [-0.4, -0.2) is 48.6 Å². The first-order chi connectivity index (χ1) is 19.4. The minimum absolute atomic E-state index is 0.0337. The van der Waals surface area contributed by atoms with Crippen molar-refractivity contribution < 1.29 is 33.1 Å². The number of fused-ring (bicyclic) bond motifs is 3. The summed E-state index contributed by atoms with van der Waals surface area (Å²) in [5, 5.41) is 11.8. The average molecular weight is 557 g/mol. The van der Waals surface area contributed by atoms with E-state index in [-0.39, 0.29) is 24.6 Å². The molecule has 41 heavy (non-hydrogen) atoms. The van der Waals surface area contributed by atoms with E-state index in [0.29, 0.717) is 11.0 Å². The molecule has 0 radical (unpaired) electrons. The summed E-state index contributed by atoms with van der Waals surface area (Å²) < 4.78 is 32.7. The van der Waals surface area contributed by atoms with Gasteiger partial charge in [0.1, 0.15) is 12.4 Å². The second-order valence-corrected chi connectivity index (χ2v) is 11.4. The number of carbonyl (C=O) groups is 2. The highest BCUT2D eigenvalue weighted by Crippen LogP contribution is 2.44. The van der Waals surface area contributed by atoms with E-state index < -0.39 is 42.6 Å². The van der Waals surface area contributed by atoms with Crippen LogP contribution < -0.4 is 5.32 Å². The van der Waals surface area contributed by atoms with Crippen molar-refractivity contribution in [1.29, 1.82) is 0 Å². The highest BCUT2D eigenvalue weighted by Gasteiger charge is 2.52. The minimum Gasteiger partial charge on any atom is -0.481 e. The van der Waals surface area contributed by atoms with Gasteiger partial charge in [0.25, 0.3) is 0 Å². The van der Waals surface area contributed by atoms with E-state index in [1.807, 2.05) is 52.0 Å². The summed E-state index contributed by atoms with van der Waals surface area (Å²) in [7, 11) is -0.796. The monoisotopic (exact) mass is 557 g/mol. The van der Waals surface area contributed by atoms with Gasteiger partial charge in [0, 0.05) is 12.5 Å². The Kier molecular flexibility index (Phi) is 7.77. The van der Waals surface area contributed by atoms with Crippen molar-refractivity contribution in [2.45, 2.75) is 51.2 Å². The minimum atomic E-state index is -1.11. The molecular weight excluding hydrogens is 524 g/mol. The molecule has 1 amide bonds. The Bertz CT molecular complexity index is 1460. The predicted molar refractivity (Wildman–Crippen MR) is 155 cm³/mol. The number of nitrogens with one attached hydrogen (secondary N) is 1. The van der Waals surface area contributed by atoms with E-state index in [4.69, 9.17) is 19.2 Å². The Hall–Kier alpha value is -3.95. The van der Waals surface area contributed by atoms with Gasteiger partial charge in [0.15, 0.2) is 0 Å². The van der Waals surface area contributed by atoms with Gasteiger partial charge in [-0.3, -0.25) is 4.79 Å². The number of carboxylic acid groups (broad SMARTS) is 1. The van der Waals surface area contributed by atoms with Crippen LogP contribution in [0, 0.1) is 5.82 Å². The van der Waals surface area contributed by atoms with E-state index in [1.54, 1.807) is 12.1 Å². The maximum Gasteiger partial charge on any atom is 0.492 e. The Morgan fingerprint density at radius 3 is 2.12 bits per heavy atom. The molecular formula is C32H33BFNO6. The maximum atomic E-state index is 14.6. The summed E-state index contributed by atoms with van der Waals surface area (Å²) >= 11 is 0. The molecule has 0 aromatic heterocycles.